The molecule has 8 heteroatoms. The van der Waals surface area contributed by atoms with E-state index in [2.05, 4.69) is 0 Å². The van der Waals surface area contributed by atoms with Crippen molar-refractivity contribution in [2.45, 2.75) is 0 Å². The first-order valence-electron chi connectivity index (χ1n) is 0. The van der Waals surface area contributed by atoms with Gasteiger partial charge < -0.3 is 28.2 Å². The zero-order valence-electron chi connectivity index (χ0n) is 3.25. The van der Waals surface area contributed by atoms with Gasteiger partial charge in [0.1, 0.15) is 0 Å². The second-order valence-corrected chi connectivity index (χ2v) is 0. The Labute approximate surface area is 54.9 Å². The molecule has 8 heavy (non-hydrogen) atoms. The summed E-state index contributed by atoms with van der Waals surface area (Å²) < 4.78 is 0. The first kappa shape index (κ1) is 13400. The molecule has 51 valence electrons. The van der Waals surface area contributed by atoms with Crippen LogP contribution in [0.3, 0.4) is 0 Å². The van der Waals surface area contributed by atoms with Crippen molar-refractivity contribution in [2.75, 3.05) is 0 Å². The Bertz CT molecular complexity index is 8.49. The van der Waals surface area contributed by atoms with E-state index in [0.717, 1.165) is 0 Å². The van der Waals surface area contributed by atoms with Crippen LogP contribution >= 0.6 is 0 Å². The third-order valence-corrected chi connectivity index (χ3v) is 0. The standard InChI is InChI=1S/B.Cr.6FH/h;;6*1H/q2*+3;;;;;;/p-6. The van der Waals surface area contributed by atoms with Gasteiger partial charge in [0.25, 0.3) is 0 Å². The molecule has 0 saturated heterocycles. The molecule has 0 aliphatic heterocycles. The monoisotopic (exact) mass is 177 g/mol. The van der Waals surface area contributed by atoms with Gasteiger partial charge in [0.05, 0.1) is 0 Å². The van der Waals surface area contributed by atoms with Crippen molar-refractivity contribution < 1.29 is 45.6 Å². The van der Waals surface area contributed by atoms with Crippen molar-refractivity contribution in [3.05, 3.63) is 0 Å². The molecule has 0 amide bonds. The predicted octanol–water partition coefficient (Wildman–Crippen LogP) is -18.4. The fourth-order valence-corrected chi connectivity index (χ4v) is 0. The fraction of sp³-hybridized carbons (Fsp3) is 0. The maximum absolute atomic E-state index is 0. The summed E-state index contributed by atoms with van der Waals surface area (Å²) in [4.78, 5) is 0. The summed E-state index contributed by atoms with van der Waals surface area (Å²) in [7, 11) is 0. The smallest absolute Gasteiger partial charge is 1.00 e. The summed E-state index contributed by atoms with van der Waals surface area (Å²) in [5.41, 5.74) is 0. The zero-order valence-corrected chi connectivity index (χ0v) is 4.53. The van der Waals surface area contributed by atoms with Gasteiger partial charge in [0.2, 0.25) is 0 Å². The number of halogens is 6. The Morgan fingerprint density at radius 1 is 0.375 bits per heavy atom. The topological polar surface area (TPSA) is 0 Å². The molecule has 0 aliphatic rings. The molecule has 0 heterocycles. The van der Waals surface area contributed by atoms with Crippen molar-refractivity contribution in [1.29, 1.82) is 0 Å². The van der Waals surface area contributed by atoms with E-state index in [-0.39, 0.29) is 54.0 Å². The van der Waals surface area contributed by atoms with Gasteiger partial charge in [-0.05, 0) is 0 Å². The van der Waals surface area contributed by atoms with Gasteiger partial charge in [-0.2, -0.15) is 0 Å². The van der Waals surface area contributed by atoms with Gasteiger partial charge in [-0.25, -0.2) is 0 Å². The van der Waals surface area contributed by atoms with E-state index in [4.69, 9.17) is 0 Å². The summed E-state index contributed by atoms with van der Waals surface area (Å²) in [6.07, 6.45) is 0. The predicted molar refractivity (Wildman–Crippen MR) is 5.75 cm³/mol. The van der Waals surface area contributed by atoms with E-state index in [1.54, 1.807) is 0 Å². The Hall–Kier alpha value is 0.177. The maximum atomic E-state index is 0. The molecule has 0 spiro atoms. The van der Waals surface area contributed by atoms with Crippen LogP contribution in [0, 0.1) is 0 Å². The van der Waals surface area contributed by atoms with Crippen LogP contribution in [-0.4, -0.2) is 8.41 Å². The minimum absolute atomic E-state index is 0. The molecule has 0 N–H and O–H groups in total. The quantitative estimate of drug-likeness (QED) is 0.254. The molecule has 0 saturated carbocycles. The molecule has 0 aliphatic carbocycles. The SMILES string of the molecule is [B+3].[Cr+3].[F-].[F-].[F-].[F-].[F-].[F-]. The normalized spacial score (nSPS) is 0. The average molecular weight is 177 g/mol. The summed E-state index contributed by atoms with van der Waals surface area (Å²) in [5.74, 6) is 0. The average Bonchev–Trinajstić information content (AvgIpc) is 0. The van der Waals surface area contributed by atoms with Crippen LogP contribution < -0.4 is 28.2 Å². The fourth-order valence-electron chi connectivity index (χ4n) is 0. The number of hydrogen-bond donors (Lipinski definition) is 0. The Morgan fingerprint density at radius 3 is 0.375 bits per heavy atom. The van der Waals surface area contributed by atoms with E-state index in [0.29, 0.717) is 0 Å². The molecule has 0 bridgehead atoms. The van der Waals surface area contributed by atoms with Crippen LogP contribution in [-0.2, 0) is 17.4 Å². The van der Waals surface area contributed by atoms with Gasteiger partial charge in [0, 0.05) is 0 Å². The first-order valence-corrected chi connectivity index (χ1v) is 0. The second kappa shape index (κ2) is 8700. The minimum Gasteiger partial charge on any atom is -1.00 e. The Balaban J connectivity index is 0. The van der Waals surface area contributed by atoms with Gasteiger partial charge in [-0.3, -0.25) is 0 Å². The van der Waals surface area contributed by atoms with Gasteiger partial charge in [-0.15, -0.1) is 0 Å². The molecule has 0 aromatic rings. The van der Waals surface area contributed by atoms with Crippen molar-refractivity contribution in [3.8, 4) is 0 Å². The van der Waals surface area contributed by atoms with Gasteiger partial charge in [0.15, 0.2) is 0 Å². The van der Waals surface area contributed by atoms with Crippen molar-refractivity contribution in [1.82, 2.24) is 0 Å². The molecular weight excluding hydrogens is 177 g/mol. The van der Waals surface area contributed by atoms with E-state index in [9.17, 15) is 0 Å². The van der Waals surface area contributed by atoms with Crippen LogP contribution in [0.25, 0.3) is 0 Å². The molecule has 0 nitrogen and oxygen atoms in total. The van der Waals surface area contributed by atoms with Crippen LogP contribution in [0.2, 0.25) is 0 Å². The van der Waals surface area contributed by atoms with Gasteiger partial charge >= 0.3 is 25.8 Å². The maximum Gasteiger partial charge on any atom is 3.00 e. The summed E-state index contributed by atoms with van der Waals surface area (Å²) in [6.45, 7) is 0. The molecule has 0 rings (SSSR count). The van der Waals surface area contributed by atoms with Crippen molar-refractivity contribution in [2.24, 2.45) is 0 Å². The number of rotatable bonds is 0. The van der Waals surface area contributed by atoms with Crippen molar-refractivity contribution in [3.63, 3.8) is 0 Å². The van der Waals surface area contributed by atoms with Crippen LogP contribution in [0.4, 0.5) is 0 Å². The Morgan fingerprint density at radius 2 is 0.375 bits per heavy atom. The van der Waals surface area contributed by atoms with Crippen LogP contribution in [0.5, 0.6) is 0 Å². The first-order chi connectivity index (χ1) is 0. The van der Waals surface area contributed by atoms with E-state index in [1.807, 2.05) is 0 Å². The zero-order chi connectivity index (χ0) is 0. The van der Waals surface area contributed by atoms with Gasteiger partial charge in [-0.1, -0.05) is 0 Å². The van der Waals surface area contributed by atoms with E-state index in [1.165, 1.54) is 0 Å². The summed E-state index contributed by atoms with van der Waals surface area (Å²) in [5, 5.41) is 0. The summed E-state index contributed by atoms with van der Waals surface area (Å²) in [6, 6.07) is 0. The van der Waals surface area contributed by atoms with Crippen LogP contribution in [0.1, 0.15) is 0 Å². The molecule has 0 aromatic carbocycles. The molecule has 0 aromatic heterocycles. The summed E-state index contributed by atoms with van der Waals surface area (Å²) >= 11 is 0. The molecule has 1 radical (unpaired) electrons. The molecular formula is BCrF6. The Kier molecular flexibility index (Phi) is 14600000. The third-order valence-electron chi connectivity index (χ3n) is 0. The largest absolute Gasteiger partial charge is 3.00 e. The molecule has 0 fully saturated rings. The van der Waals surface area contributed by atoms with Crippen molar-refractivity contribution >= 4 is 8.41 Å². The van der Waals surface area contributed by atoms with Crippen LogP contribution in [0.15, 0.2) is 0 Å². The molecule has 0 atom stereocenters. The van der Waals surface area contributed by atoms with E-state index >= 15 is 0 Å². The number of hydrogen-bond acceptors (Lipinski definition) is 0. The minimum atomic E-state index is 0. The van der Waals surface area contributed by atoms with E-state index < -0.39 is 0 Å². The third kappa shape index (κ3) is 5260. The molecule has 0 unspecified atom stereocenters. The second-order valence-electron chi connectivity index (χ2n) is 0.